The molecule has 2 aliphatic rings. The Morgan fingerprint density at radius 3 is 2.62 bits per heavy atom. The number of Topliss-reactive ketones (excluding diaryl/α,β-unsaturated/α-hetero) is 1. The summed E-state index contributed by atoms with van der Waals surface area (Å²) in [6.07, 6.45) is 2.21. The molecule has 2 unspecified atom stereocenters. The molecule has 0 radical (unpaired) electrons. The van der Waals surface area contributed by atoms with Gasteiger partial charge in [0.25, 0.3) is 0 Å². The summed E-state index contributed by atoms with van der Waals surface area (Å²) in [4.78, 5) is 18.8. The highest BCUT2D eigenvalue weighted by atomic mass is 19.4. The average molecular weight is 475 g/mol. The second kappa shape index (κ2) is 10.3. The van der Waals surface area contributed by atoms with Gasteiger partial charge in [0, 0.05) is 48.7 Å². The molecule has 2 aromatic rings. The maximum absolute atomic E-state index is 13.8. The van der Waals surface area contributed by atoms with Gasteiger partial charge < -0.3 is 10.6 Å². The summed E-state index contributed by atoms with van der Waals surface area (Å²) < 4.78 is 41.5. The van der Waals surface area contributed by atoms with E-state index in [0.29, 0.717) is 28.7 Å². The van der Waals surface area contributed by atoms with Crippen molar-refractivity contribution in [1.82, 2.24) is 4.98 Å². The molecule has 1 saturated heterocycles. The Morgan fingerprint density at radius 1 is 1.21 bits per heavy atom. The summed E-state index contributed by atoms with van der Waals surface area (Å²) in [6, 6.07) is 8.87. The van der Waals surface area contributed by atoms with E-state index in [4.69, 9.17) is 5.73 Å². The summed E-state index contributed by atoms with van der Waals surface area (Å²) in [5.41, 5.74) is 7.38. The van der Waals surface area contributed by atoms with E-state index in [1.807, 2.05) is 0 Å². The number of rotatable bonds is 5. The Kier molecular flexibility index (Phi) is 7.87. The van der Waals surface area contributed by atoms with Crippen molar-refractivity contribution >= 4 is 22.4 Å². The summed E-state index contributed by atoms with van der Waals surface area (Å²) in [6.45, 7) is 0.177. The molecule has 2 atom stereocenters. The summed E-state index contributed by atoms with van der Waals surface area (Å²) in [5.74, 6) is -1.97. The third-order valence-corrected chi connectivity index (χ3v) is 7.12. The van der Waals surface area contributed by atoms with E-state index in [0.717, 1.165) is 32.1 Å². The molecule has 0 amide bonds. The van der Waals surface area contributed by atoms with Crippen molar-refractivity contribution < 1.29 is 18.0 Å². The van der Waals surface area contributed by atoms with Crippen LogP contribution in [0.25, 0.3) is 10.9 Å². The van der Waals surface area contributed by atoms with Crippen LogP contribution >= 0.6 is 0 Å². The summed E-state index contributed by atoms with van der Waals surface area (Å²) in [7, 11) is 0. The second-order valence-corrected chi connectivity index (χ2v) is 9.73. The van der Waals surface area contributed by atoms with E-state index >= 15 is 0 Å². The van der Waals surface area contributed by atoms with Crippen LogP contribution in [0.3, 0.4) is 0 Å². The predicted octanol–water partition coefficient (Wildman–Crippen LogP) is 5.76. The van der Waals surface area contributed by atoms with E-state index < -0.39 is 23.6 Å². The van der Waals surface area contributed by atoms with E-state index in [2.05, 4.69) is 11.1 Å². The number of nitrogens with two attached hydrogens (primary N) is 1. The first kappa shape index (κ1) is 26.0. The van der Waals surface area contributed by atoms with Crippen molar-refractivity contribution in [3.63, 3.8) is 0 Å². The summed E-state index contributed by atoms with van der Waals surface area (Å²) in [5, 5.41) is 10.0. The molecule has 8 heteroatoms. The van der Waals surface area contributed by atoms with Gasteiger partial charge in [-0.05, 0) is 49.4 Å². The van der Waals surface area contributed by atoms with Crippen molar-refractivity contribution in [3.8, 4) is 6.07 Å². The molecule has 2 N–H and O–H groups in total. The van der Waals surface area contributed by atoms with E-state index in [1.54, 1.807) is 35.4 Å². The van der Waals surface area contributed by atoms with Gasteiger partial charge in [-0.15, -0.1) is 0 Å². The number of fused-ring (bicyclic) bond motifs is 1. The van der Waals surface area contributed by atoms with Gasteiger partial charge in [0.05, 0.1) is 17.0 Å². The molecule has 184 valence electrons. The third-order valence-electron chi connectivity index (χ3n) is 7.12. The minimum absolute atomic E-state index is 0. The number of carbonyl (C=O) groups is 1. The fourth-order valence-electron chi connectivity index (χ4n) is 5.53. The fraction of sp³-hybridized carbons (Fsp3) is 0.577. The zero-order chi connectivity index (χ0) is 23.6. The molecule has 1 aliphatic heterocycles. The second-order valence-electron chi connectivity index (χ2n) is 9.73. The standard InChI is InChI=1S/C25H29F3N4O.CH4/c26-25(27,28)19-11-17(12-20(33)13-24(30)8-2-1-3-9-24)15-32(16-19)22-7-6-18(14-29)23-21(22)5-4-10-31-23;/h4-7,10,17,19H,1-3,8-9,11-13,15-16,30H2;1H4. The Labute approximate surface area is 199 Å². The number of hydrogen-bond acceptors (Lipinski definition) is 5. The number of nitriles is 1. The van der Waals surface area contributed by atoms with Crippen LogP contribution in [-0.2, 0) is 4.79 Å². The Balaban J connectivity index is 0.00000324. The molecule has 1 aliphatic carbocycles. The maximum Gasteiger partial charge on any atom is 0.393 e. The van der Waals surface area contributed by atoms with Gasteiger partial charge in [0.2, 0.25) is 0 Å². The quantitative estimate of drug-likeness (QED) is 0.596. The highest BCUT2D eigenvalue weighted by Gasteiger charge is 2.45. The highest BCUT2D eigenvalue weighted by molar-refractivity contribution is 5.95. The van der Waals surface area contributed by atoms with Crippen LogP contribution in [0.15, 0.2) is 30.5 Å². The lowest BCUT2D eigenvalue weighted by Crippen LogP contribution is -2.47. The normalized spacial score (nSPS) is 22.6. The predicted molar refractivity (Wildman–Crippen MR) is 127 cm³/mol. The van der Waals surface area contributed by atoms with Crippen molar-refractivity contribution in [2.75, 3.05) is 18.0 Å². The number of pyridine rings is 1. The van der Waals surface area contributed by atoms with Gasteiger partial charge in [0.15, 0.2) is 0 Å². The van der Waals surface area contributed by atoms with Gasteiger partial charge in [-0.2, -0.15) is 18.4 Å². The van der Waals surface area contributed by atoms with Crippen molar-refractivity contribution in [1.29, 1.82) is 5.26 Å². The van der Waals surface area contributed by atoms with Gasteiger partial charge in [-0.25, -0.2) is 0 Å². The SMILES string of the molecule is C.N#Cc1ccc(N2CC(CC(=O)CC3(N)CCCCC3)CC(C(F)(F)F)C2)c2cccnc12. The number of halogens is 3. The van der Waals surface area contributed by atoms with Gasteiger partial charge >= 0.3 is 6.18 Å². The lowest BCUT2D eigenvalue weighted by Gasteiger charge is -2.40. The summed E-state index contributed by atoms with van der Waals surface area (Å²) >= 11 is 0. The number of carbonyl (C=O) groups excluding carboxylic acids is 1. The first-order chi connectivity index (χ1) is 15.7. The molecular formula is C26H33F3N4O. The fourth-order valence-corrected chi connectivity index (χ4v) is 5.53. The van der Waals surface area contributed by atoms with Crippen molar-refractivity contribution in [2.24, 2.45) is 17.6 Å². The van der Waals surface area contributed by atoms with Crippen LogP contribution in [0.1, 0.15) is 64.4 Å². The molecule has 1 aromatic carbocycles. The molecule has 0 spiro atoms. The molecule has 1 aromatic heterocycles. The molecule has 5 nitrogen and oxygen atoms in total. The average Bonchev–Trinajstić information content (AvgIpc) is 2.77. The van der Waals surface area contributed by atoms with Gasteiger partial charge in [0.1, 0.15) is 11.9 Å². The zero-order valence-electron chi connectivity index (χ0n) is 18.6. The van der Waals surface area contributed by atoms with Crippen LogP contribution in [0.2, 0.25) is 0 Å². The molecule has 2 heterocycles. The van der Waals surface area contributed by atoms with Crippen LogP contribution in [0, 0.1) is 23.2 Å². The number of piperidine rings is 1. The first-order valence-electron chi connectivity index (χ1n) is 11.6. The third kappa shape index (κ3) is 5.69. The lowest BCUT2D eigenvalue weighted by atomic mass is 9.77. The molecule has 0 bridgehead atoms. The number of nitrogens with zero attached hydrogens (tertiary/aromatic N) is 3. The van der Waals surface area contributed by atoms with E-state index in [-0.39, 0.29) is 39.0 Å². The lowest BCUT2D eigenvalue weighted by molar-refractivity contribution is -0.179. The zero-order valence-corrected chi connectivity index (χ0v) is 18.6. The first-order valence-corrected chi connectivity index (χ1v) is 11.6. The Bertz CT molecular complexity index is 1060. The monoisotopic (exact) mass is 474 g/mol. The number of ketones is 1. The Morgan fingerprint density at radius 2 is 1.94 bits per heavy atom. The molecule has 2 fully saturated rings. The van der Waals surface area contributed by atoms with Crippen LogP contribution in [0.4, 0.5) is 18.9 Å². The highest BCUT2D eigenvalue weighted by Crippen LogP contribution is 2.40. The Hall–Kier alpha value is -2.66. The maximum atomic E-state index is 13.8. The molecule has 34 heavy (non-hydrogen) atoms. The number of benzene rings is 1. The largest absolute Gasteiger partial charge is 0.393 e. The van der Waals surface area contributed by atoms with Gasteiger partial charge in [-0.3, -0.25) is 9.78 Å². The number of anilines is 1. The van der Waals surface area contributed by atoms with E-state index in [9.17, 15) is 23.2 Å². The smallest absolute Gasteiger partial charge is 0.370 e. The van der Waals surface area contributed by atoms with Crippen LogP contribution in [0.5, 0.6) is 0 Å². The number of alkyl halides is 3. The van der Waals surface area contributed by atoms with E-state index in [1.165, 1.54) is 0 Å². The van der Waals surface area contributed by atoms with Crippen LogP contribution < -0.4 is 10.6 Å². The molecular weight excluding hydrogens is 441 g/mol. The minimum Gasteiger partial charge on any atom is -0.370 e. The van der Waals surface area contributed by atoms with Crippen LogP contribution in [-0.4, -0.2) is 35.6 Å². The number of hydrogen-bond donors (Lipinski definition) is 1. The number of aromatic nitrogens is 1. The topological polar surface area (TPSA) is 83.0 Å². The van der Waals surface area contributed by atoms with Crippen molar-refractivity contribution in [3.05, 3.63) is 36.0 Å². The molecule has 4 rings (SSSR count). The molecule has 1 saturated carbocycles. The van der Waals surface area contributed by atoms with Crippen molar-refractivity contribution in [2.45, 2.75) is 70.5 Å². The van der Waals surface area contributed by atoms with Gasteiger partial charge in [-0.1, -0.05) is 26.7 Å². The minimum atomic E-state index is -4.35.